The number of halogens is 1. The van der Waals surface area contributed by atoms with Crippen LogP contribution in [0.1, 0.15) is 33.6 Å². The highest BCUT2D eigenvalue weighted by Crippen LogP contribution is 2.34. The fraction of sp³-hybridized carbons (Fsp3) is 0.222. The standard InChI is InChI=1S/C27H21BrN6O2/c28-19-5-6-22-23(10-19)24(31-32-26(22)35)9-16-2-1-3-18(8-16)27(36)34-15-20-11-21(34)14-33(20)25-7-4-17(12-29)13-30-25/h1-8,10,13,20-21H,9,11,14-15H2,(H,32,35). The van der Waals surface area contributed by atoms with Crippen molar-refractivity contribution in [2.24, 2.45) is 0 Å². The van der Waals surface area contributed by atoms with Gasteiger partial charge in [-0.05, 0) is 54.4 Å². The lowest BCUT2D eigenvalue weighted by Gasteiger charge is -2.35. The molecule has 0 aliphatic carbocycles. The number of pyridine rings is 1. The summed E-state index contributed by atoms with van der Waals surface area (Å²) in [5.41, 5.74) is 2.67. The number of amides is 1. The second-order valence-corrected chi connectivity index (χ2v) is 10.2. The summed E-state index contributed by atoms with van der Waals surface area (Å²) in [4.78, 5) is 34.3. The maximum Gasteiger partial charge on any atom is 0.272 e. The van der Waals surface area contributed by atoms with Crippen LogP contribution in [0.2, 0.25) is 0 Å². The van der Waals surface area contributed by atoms with E-state index >= 15 is 0 Å². The Morgan fingerprint density at radius 3 is 2.75 bits per heavy atom. The first kappa shape index (κ1) is 22.4. The number of carbonyl (C=O) groups excluding carboxylic acids is 1. The molecule has 2 unspecified atom stereocenters. The molecule has 0 radical (unpaired) electrons. The van der Waals surface area contributed by atoms with E-state index in [2.05, 4.69) is 42.1 Å². The third-order valence-corrected chi connectivity index (χ3v) is 7.54. The number of benzene rings is 2. The van der Waals surface area contributed by atoms with Crippen molar-refractivity contribution in [1.29, 1.82) is 5.26 Å². The molecule has 2 atom stereocenters. The SMILES string of the molecule is N#Cc1ccc(N2CC3CC2CN3C(=O)c2cccc(Cc3n[nH]c(=O)c4ccc(Br)cc34)c2)nc1. The topological polar surface area (TPSA) is 106 Å². The summed E-state index contributed by atoms with van der Waals surface area (Å²) < 4.78 is 0.877. The summed E-state index contributed by atoms with van der Waals surface area (Å²) in [5.74, 6) is 0.877. The molecule has 2 aliphatic heterocycles. The van der Waals surface area contributed by atoms with E-state index < -0.39 is 0 Å². The predicted octanol–water partition coefficient (Wildman–Crippen LogP) is 3.65. The van der Waals surface area contributed by atoms with Crippen molar-refractivity contribution in [3.8, 4) is 6.07 Å². The van der Waals surface area contributed by atoms with E-state index in [0.717, 1.165) is 39.9 Å². The Labute approximate surface area is 215 Å². The second-order valence-electron chi connectivity index (χ2n) is 9.24. The minimum atomic E-state index is -0.223. The Morgan fingerprint density at radius 2 is 2.00 bits per heavy atom. The van der Waals surface area contributed by atoms with E-state index in [1.807, 2.05) is 47.4 Å². The molecule has 9 heteroatoms. The van der Waals surface area contributed by atoms with Crippen LogP contribution in [-0.2, 0) is 6.42 Å². The number of aromatic nitrogens is 3. The molecule has 36 heavy (non-hydrogen) atoms. The molecule has 2 bridgehead atoms. The van der Waals surface area contributed by atoms with E-state index in [1.54, 1.807) is 18.3 Å². The number of anilines is 1. The maximum atomic E-state index is 13.5. The normalized spacial score (nSPS) is 18.6. The number of fused-ring (bicyclic) bond motifs is 3. The lowest BCUT2D eigenvalue weighted by Crippen LogP contribution is -2.49. The molecule has 6 rings (SSSR count). The average molecular weight is 541 g/mol. The quantitative estimate of drug-likeness (QED) is 0.423. The Balaban J connectivity index is 1.20. The van der Waals surface area contributed by atoms with Crippen LogP contribution < -0.4 is 10.5 Å². The van der Waals surface area contributed by atoms with Crippen LogP contribution in [0.15, 0.2) is 70.1 Å². The Morgan fingerprint density at radius 1 is 1.11 bits per heavy atom. The molecule has 1 amide bonds. The molecule has 4 heterocycles. The number of piperazine rings is 1. The number of nitriles is 1. The number of hydrogen-bond acceptors (Lipinski definition) is 6. The van der Waals surface area contributed by atoms with Gasteiger partial charge in [0.2, 0.25) is 0 Å². The van der Waals surface area contributed by atoms with Crippen LogP contribution in [0.4, 0.5) is 5.82 Å². The van der Waals surface area contributed by atoms with E-state index in [1.165, 1.54) is 0 Å². The van der Waals surface area contributed by atoms with Gasteiger partial charge in [0.15, 0.2) is 0 Å². The lowest BCUT2D eigenvalue weighted by atomic mass is 10.0. The number of nitrogens with one attached hydrogen (secondary N) is 1. The largest absolute Gasteiger partial charge is 0.350 e. The van der Waals surface area contributed by atoms with Gasteiger partial charge in [-0.3, -0.25) is 9.59 Å². The summed E-state index contributed by atoms with van der Waals surface area (Å²) in [6, 6.07) is 19.3. The molecule has 2 aliphatic rings. The summed E-state index contributed by atoms with van der Waals surface area (Å²) in [6.07, 6.45) is 3.00. The van der Waals surface area contributed by atoms with E-state index in [0.29, 0.717) is 29.5 Å². The highest BCUT2D eigenvalue weighted by Gasteiger charge is 2.45. The van der Waals surface area contributed by atoms with Crippen molar-refractivity contribution in [2.45, 2.75) is 24.9 Å². The van der Waals surface area contributed by atoms with Crippen LogP contribution in [-0.4, -0.2) is 51.2 Å². The first-order valence-electron chi connectivity index (χ1n) is 11.7. The van der Waals surface area contributed by atoms with Crippen molar-refractivity contribution in [2.75, 3.05) is 18.0 Å². The van der Waals surface area contributed by atoms with Gasteiger partial charge in [-0.1, -0.05) is 28.1 Å². The Kier molecular flexibility index (Phi) is 5.53. The van der Waals surface area contributed by atoms with Gasteiger partial charge in [0, 0.05) is 41.1 Å². The number of H-pyrrole nitrogens is 1. The number of aromatic amines is 1. The minimum Gasteiger partial charge on any atom is -0.350 e. The zero-order valence-electron chi connectivity index (χ0n) is 19.2. The second kappa shape index (κ2) is 8.88. The first-order chi connectivity index (χ1) is 17.5. The molecule has 1 N–H and O–H groups in total. The van der Waals surface area contributed by atoms with Gasteiger partial charge in [-0.2, -0.15) is 10.4 Å². The van der Waals surface area contributed by atoms with Crippen LogP contribution in [0.5, 0.6) is 0 Å². The summed E-state index contributed by atoms with van der Waals surface area (Å²) in [7, 11) is 0. The van der Waals surface area contributed by atoms with E-state index in [9.17, 15) is 9.59 Å². The fourth-order valence-corrected chi connectivity index (χ4v) is 5.68. The number of nitrogens with zero attached hydrogens (tertiary/aromatic N) is 5. The maximum absolute atomic E-state index is 13.5. The molecule has 2 fully saturated rings. The molecular formula is C27H21BrN6O2. The van der Waals surface area contributed by atoms with E-state index in [-0.39, 0.29) is 23.6 Å². The summed E-state index contributed by atoms with van der Waals surface area (Å²) in [6.45, 7) is 1.38. The molecule has 178 valence electrons. The van der Waals surface area contributed by atoms with E-state index in [4.69, 9.17) is 5.26 Å². The van der Waals surface area contributed by atoms with Crippen LogP contribution in [0, 0.1) is 11.3 Å². The molecule has 2 saturated heterocycles. The number of rotatable bonds is 4. The van der Waals surface area contributed by atoms with Crippen LogP contribution >= 0.6 is 15.9 Å². The highest BCUT2D eigenvalue weighted by atomic mass is 79.9. The number of likely N-dealkylation sites (tertiary alicyclic amines) is 1. The highest BCUT2D eigenvalue weighted by molar-refractivity contribution is 9.10. The zero-order chi connectivity index (χ0) is 24.8. The first-order valence-corrected chi connectivity index (χ1v) is 12.5. The van der Waals surface area contributed by atoms with Crippen molar-refractivity contribution in [3.63, 3.8) is 0 Å². The molecule has 2 aromatic heterocycles. The van der Waals surface area contributed by atoms with Gasteiger partial charge in [-0.25, -0.2) is 10.1 Å². The number of hydrogen-bond donors (Lipinski definition) is 1. The van der Waals surface area contributed by atoms with Crippen LogP contribution in [0.3, 0.4) is 0 Å². The average Bonchev–Trinajstić information content (AvgIpc) is 3.52. The lowest BCUT2D eigenvalue weighted by molar-refractivity contribution is 0.0725. The van der Waals surface area contributed by atoms with Crippen molar-refractivity contribution in [1.82, 2.24) is 20.1 Å². The molecule has 0 spiro atoms. The van der Waals surface area contributed by atoms with Gasteiger partial charge in [0.25, 0.3) is 11.5 Å². The summed E-state index contributed by atoms with van der Waals surface area (Å²) in [5, 5.41) is 17.3. The number of carbonyl (C=O) groups is 1. The van der Waals surface area contributed by atoms with Crippen molar-refractivity contribution >= 4 is 38.4 Å². The smallest absolute Gasteiger partial charge is 0.272 e. The van der Waals surface area contributed by atoms with Gasteiger partial charge < -0.3 is 9.80 Å². The Hall–Kier alpha value is -4.03. The minimum absolute atomic E-state index is 0.0267. The third-order valence-electron chi connectivity index (χ3n) is 7.05. The monoisotopic (exact) mass is 540 g/mol. The van der Waals surface area contributed by atoms with Gasteiger partial charge >= 0.3 is 0 Å². The Bertz CT molecular complexity index is 1590. The zero-order valence-corrected chi connectivity index (χ0v) is 20.8. The molecule has 2 aromatic carbocycles. The molecule has 8 nitrogen and oxygen atoms in total. The van der Waals surface area contributed by atoms with Crippen molar-refractivity contribution in [3.05, 3.63) is 98.0 Å². The van der Waals surface area contributed by atoms with Gasteiger partial charge in [-0.15, -0.1) is 0 Å². The molecular weight excluding hydrogens is 520 g/mol. The van der Waals surface area contributed by atoms with Gasteiger partial charge in [0.1, 0.15) is 11.9 Å². The van der Waals surface area contributed by atoms with Crippen LogP contribution in [0.25, 0.3) is 10.8 Å². The predicted molar refractivity (Wildman–Crippen MR) is 139 cm³/mol. The van der Waals surface area contributed by atoms with Gasteiger partial charge in [0.05, 0.1) is 28.7 Å². The third kappa shape index (κ3) is 3.93. The molecule has 4 aromatic rings. The fourth-order valence-electron chi connectivity index (χ4n) is 5.32. The molecule has 0 saturated carbocycles. The summed E-state index contributed by atoms with van der Waals surface area (Å²) >= 11 is 3.48. The van der Waals surface area contributed by atoms with Crippen molar-refractivity contribution < 1.29 is 4.79 Å².